The van der Waals surface area contributed by atoms with Crippen LogP contribution in [0, 0.1) is 17.8 Å². The maximum absolute atomic E-state index is 13.9. The molecule has 0 unspecified atom stereocenters. The molecule has 11 nitrogen and oxygen atoms in total. The van der Waals surface area contributed by atoms with Crippen molar-refractivity contribution in [3.8, 4) is 5.75 Å². The minimum Gasteiger partial charge on any atom is -0.490 e. The lowest BCUT2D eigenvalue weighted by Crippen LogP contribution is -2.60. The van der Waals surface area contributed by atoms with Gasteiger partial charge in [0, 0.05) is 82.6 Å². The molecule has 6 aliphatic rings. The molecule has 6 atom stereocenters. The fourth-order valence-electron chi connectivity index (χ4n) is 10.8. The molecular formula is C44H61ClN4O7S. The number of allylic oxidation sites excluding steroid dienone is 1. The van der Waals surface area contributed by atoms with Gasteiger partial charge in [-0.2, -0.15) is 0 Å². The second-order valence-corrected chi connectivity index (χ2v) is 20.4. The minimum atomic E-state index is -3.96. The van der Waals surface area contributed by atoms with E-state index in [1.54, 1.807) is 27.2 Å². The van der Waals surface area contributed by atoms with Gasteiger partial charge in [-0.1, -0.05) is 29.8 Å². The van der Waals surface area contributed by atoms with Crippen LogP contribution in [-0.2, 0) is 36.1 Å². The van der Waals surface area contributed by atoms with Crippen molar-refractivity contribution in [1.82, 2.24) is 14.5 Å². The number of piperazine rings is 1. The van der Waals surface area contributed by atoms with E-state index in [0.717, 1.165) is 82.1 Å². The number of aryl methyl sites for hydroxylation is 1. The number of carbonyl (C=O) groups is 1. The lowest BCUT2D eigenvalue weighted by Gasteiger charge is -2.53. The average molecular weight is 826 g/mol. The van der Waals surface area contributed by atoms with E-state index in [1.165, 1.54) is 11.1 Å². The van der Waals surface area contributed by atoms with E-state index < -0.39 is 26.3 Å². The van der Waals surface area contributed by atoms with Crippen LogP contribution in [0.4, 0.5) is 5.69 Å². The summed E-state index contributed by atoms with van der Waals surface area (Å²) in [6.45, 7) is 12.1. The molecule has 2 saturated carbocycles. The molecule has 3 aliphatic heterocycles. The Balaban J connectivity index is 1.16. The second-order valence-electron chi connectivity index (χ2n) is 17.8. The Kier molecular flexibility index (Phi) is 11.8. The van der Waals surface area contributed by atoms with E-state index in [4.69, 9.17) is 30.5 Å². The number of fused-ring (bicyclic) bond motifs is 5. The molecule has 312 valence electrons. The zero-order valence-corrected chi connectivity index (χ0v) is 35.7. The number of carbonyl (C=O) groups excluding carboxylic acids is 1. The molecule has 1 spiro atoms. The smallest absolute Gasteiger partial charge is 0.264 e. The Bertz CT molecular complexity index is 1930. The maximum atomic E-state index is 13.9. The van der Waals surface area contributed by atoms with Gasteiger partial charge < -0.3 is 23.8 Å². The van der Waals surface area contributed by atoms with Crippen LogP contribution in [0.2, 0.25) is 5.02 Å². The first-order valence-corrected chi connectivity index (χ1v) is 22.9. The van der Waals surface area contributed by atoms with Gasteiger partial charge in [0.05, 0.1) is 36.3 Å². The van der Waals surface area contributed by atoms with Crippen molar-refractivity contribution in [3.05, 3.63) is 70.3 Å². The molecule has 1 saturated heterocycles. The standard InChI is InChI=1S/C44H61ClN4O7S/c1-5-56-44(29-47-18-20-48(21-19-47)36(26-53-3)27-54-4)17-7-9-34-24-42(34,2)57(51,52)46-41(50)32-11-15-40-39(23-32)49(25-33-10-13-38(33)44)28-43(30-55-40)16-6-8-31-22-35(45)12-14-37(31)43/h7,11-12,14-15,17,22-23,33-34,36,38H,5-6,8-10,13,16,18-21,24-30H2,1-4H3,(H,46,50)/b17-7+/t33-,34+,38+,42+,43-,44+/m0/s1. The highest BCUT2D eigenvalue weighted by Gasteiger charge is 2.60. The van der Waals surface area contributed by atoms with Gasteiger partial charge in [-0.15, -0.1) is 0 Å². The summed E-state index contributed by atoms with van der Waals surface area (Å²) in [5.74, 6) is 0.592. The summed E-state index contributed by atoms with van der Waals surface area (Å²) >= 11 is 6.53. The van der Waals surface area contributed by atoms with Gasteiger partial charge in [0.15, 0.2) is 0 Å². The quantitative estimate of drug-likeness (QED) is 0.317. The topological polar surface area (TPSA) is 110 Å². The molecule has 3 aliphatic carbocycles. The summed E-state index contributed by atoms with van der Waals surface area (Å²) in [5, 5.41) is 0.745. The zero-order chi connectivity index (χ0) is 40.0. The third-order valence-corrected chi connectivity index (χ3v) is 16.8. The zero-order valence-electron chi connectivity index (χ0n) is 34.1. The summed E-state index contributed by atoms with van der Waals surface area (Å²) in [7, 11) is -0.458. The fourth-order valence-corrected chi connectivity index (χ4v) is 12.6. The fraction of sp³-hybridized carbons (Fsp3) is 0.659. The summed E-state index contributed by atoms with van der Waals surface area (Å²) in [4.78, 5) is 21.3. The SMILES string of the molecule is CCO[C@@]1(CN2CCN(C(COC)COC)CC2)/C=C/C[C@@H]2C[C@@]2(C)S(=O)(=O)NC(=O)c2ccc3c(c2)N(C[C@@H]2CC[C@H]21)C[C@@]1(CCCc2cc(Cl)ccc21)CO3. The molecule has 2 bridgehead atoms. The van der Waals surface area contributed by atoms with E-state index in [0.29, 0.717) is 63.0 Å². The molecule has 1 amide bonds. The van der Waals surface area contributed by atoms with Gasteiger partial charge in [-0.05, 0) is 118 Å². The first-order valence-electron chi connectivity index (χ1n) is 21.1. The number of methoxy groups -OCH3 is 2. The Morgan fingerprint density at radius 1 is 1.05 bits per heavy atom. The van der Waals surface area contributed by atoms with Gasteiger partial charge in [0.1, 0.15) is 11.4 Å². The highest BCUT2D eigenvalue weighted by molar-refractivity contribution is 7.91. The summed E-state index contributed by atoms with van der Waals surface area (Å²) in [5.41, 5.74) is 2.88. The molecule has 3 heterocycles. The van der Waals surface area contributed by atoms with Crippen LogP contribution in [0.15, 0.2) is 48.6 Å². The number of anilines is 1. The third kappa shape index (κ3) is 7.89. The lowest BCUT2D eigenvalue weighted by atomic mass is 9.63. The number of hydrogen-bond donors (Lipinski definition) is 1. The number of nitrogens with one attached hydrogen (secondary N) is 1. The van der Waals surface area contributed by atoms with Crippen molar-refractivity contribution in [3.63, 3.8) is 0 Å². The predicted octanol–water partition coefficient (Wildman–Crippen LogP) is 5.69. The van der Waals surface area contributed by atoms with E-state index in [1.807, 2.05) is 18.2 Å². The van der Waals surface area contributed by atoms with Crippen molar-refractivity contribution >= 4 is 33.2 Å². The maximum Gasteiger partial charge on any atom is 0.264 e. The number of hydrogen-bond acceptors (Lipinski definition) is 10. The summed E-state index contributed by atoms with van der Waals surface area (Å²) in [6, 6.07) is 11.9. The minimum absolute atomic E-state index is 0.0918. The van der Waals surface area contributed by atoms with Crippen LogP contribution in [0.5, 0.6) is 5.75 Å². The Hall–Kier alpha value is -2.71. The van der Waals surface area contributed by atoms with Crippen LogP contribution in [-0.4, -0.2) is 127 Å². The lowest BCUT2D eigenvalue weighted by molar-refractivity contribution is -0.114. The highest BCUT2D eigenvalue weighted by atomic mass is 35.5. The van der Waals surface area contributed by atoms with Crippen LogP contribution in [0.25, 0.3) is 0 Å². The number of rotatable bonds is 9. The van der Waals surface area contributed by atoms with Crippen LogP contribution < -0.4 is 14.4 Å². The van der Waals surface area contributed by atoms with Crippen LogP contribution in [0.1, 0.15) is 73.9 Å². The molecule has 1 N–H and O–H groups in total. The molecule has 0 radical (unpaired) electrons. The van der Waals surface area contributed by atoms with E-state index in [2.05, 4.69) is 50.6 Å². The molecule has 8 rings (SSSR count). The number of nitrogens with zero attached hydrogens (tertiary/aromatic N) is 3. The van der Waals surface area contributed by atoms with Crippen molar-refractivity contribution in [2.45, 2.75) is 80.6 Å². The van der Waals surface area contributed by atoms with Crippen LogP contribution in [0.3, 0.4) is 0 Å². The number of amides is 1. The predicted molar refractivity (Wildman–Crippen MR) is 223 cm³/mol. The number of benzene rings is 2. The molecule has 13 heteroatoms. The monoisotopic (exact) mass is 824 g/mol. The highest BCUT2D eigenvalue weighted by Crippen LogP contribution is 2.53. The first-order chi connectivity index (χ1) is 27.4. The number of sulfonamides is 1. The molecule has 57 heavy (non-hydrogen) atoms. The second kappa shape index (κ2) is 16.4. The van der Waals surface area contributed by atoms with Crippen LogP contribution >= 0.6 is 11.6 Å². The Labute approximate surface area is 344 Å². The molecular weight excluding hydrogens is 764 g/mol. The van der Waals surface area contributed by atoms with Gasteiger partial charge in [-0.25, -0.2) is 13.1 Å². The third-order valence-electron chi connectivity index (χ3n) is 14.3. The molecule has 0 aromatic heterocycles. The largest absolute Gasteiger partial charge is 0.490 e. The Morgan fingerprint density at radius 2 is 1.84 bits per heavy atom. The molecule has 3 fully saturated rings. The van der Waals surface area contributed by atoms with E-state index >= 15 is 0 Å². The summed E-state index contributed by atoms with van der Waals surface area (Å²) < 4.78 is 54.0. The van der Waals surface area contributed by atoms with Crippen molar-refractivity contribution in [2.24, 2.45) is 17.8 Å². The van der Waals surface area contributed by atoms with E-state index in [9.17, 15) is 13.2 Å². The van der Waals surface area contributed by atoms with Crippen molar-refractivity contribution < 1.29 is 32.2 Å². The molecule has 2 aromatic carbocycles. The number of halogens is 1. The van der Waals surface area contributed by atoms with E-state index in [-0.39, 0.29) is 23.3 Å². The molecule has 2 aromatic rings. The van der Waals surface area contributed by atoms with Gasteiger partial charge >= 0.3 is 0 Å². The Morgan fingerprint density at radius 3 is 2.56 bits per heavy atom. The van der Waals surface area contributed by atoms with Crippen molar-refractivity contribution in [1.29, 1.82) is 0 Å². The van der Waals surface area contributed by atoms with Gasteiger partial charge in [0.2, 0.25) is 10.0 Å². The van der Waals surface area contributed by atoms with Gasteiger partial charge in [0.25, 0.3) is 5.91 Å². The van der Waals surface area contributed by atoms with Gasteiger partial charge in [-0.3, -0.25) is 14.6 Å². The summed E-state index contributed by atoms with van der Waals surface area (Å²) in [6.07, 6.45) is 10.7. The number of ether oxygens (including phenoxy) is 4. The first kappa shape index (κ1) is 41.0. The normalized spacial score (nSPS) is 33.3. The average Bonchev–Trinajstić information content (AvgIpc) is 3.88. The van der Waals surface area contributed by atoms with Crippen molar-refractivity contribution in [2.75, 3.05) is 91.4 Å².